The number of hydrogen-bond acceptors (Lipinski definition) is 6. The Morgan fingerprint density at radius 3 is 2.46 bits per heavy atom. The van der Waals surface area contributed by atoms with Gasteiger partial charge in [0, 0.05) is 24.2 Å². The number of nitrogens with zero attached hydrogens (tertiary/aromatic N) is 5. The minimum atomic E-state index is -0.290. The lowest BCUT2D eigenvalue weighted by atomic mass is 10.1. The van der Waals surface area contributed by atoms with E-state index >= 15 is 0 Å². The van der Waals surface area contributed by atoms with Crippen LogP contribution in [0.15, 0.2) is 77.6 Å². The van der Waals surface area contributed by atoms with Gasteiger partial charge in [0.15, 0.2) is 5.82 Å². The molecule has 5 aromatic rings. The van der Waals surface area contributed by atoms with Crippen LogP contribution in [0.5, 0.6) is 5.75 Å². The van der Waals surface area contributed by atoms with Gasteiger partial charge in [-0.2, -0.15) is 0 Å². The molecule has 0 amide bonds. The van der Waals surface area contributed by atoms with Gasteiger partial charge in [-0.15, -0.1) is 5.10 Å². The smallest absolute Gasteiger partial charge is 0.252 e. The van der Waals surface area contributed by atoms with Gasteiger partial charge in [-0.3, -0.25) is 9.69 Å². The van der Waals surface area contributed by atoms with Crippen LogP contribution in [0.3, 0.4) is 0 Å². The van der Waals surface area contributed by atoms with Crippen molar-refractivity contribution in [1.82, 2.24) is 30.1 Å². The first-order valence-corrected chi connectivity index (χ1v) is 12.9. The maximum atomic E-state index is 13.7. The summed E-state index contributed by atoms with van der Waals surface area (Å²) in [7, 11) is 1.64. The summed E-state index contributed by atoms with van der Waals surface area (Å²) < 4.78 is 20.7. The number of tetrazole rings is 1. The van der Waals surface area contributed by atoms with Crippen LogP contribution in [0.4, 0.5) is 4.39 Å². The Morgan fingerprint density at radius 1 is 1.00 bits per heavy atom. The summed E-state index contributed by atoms with van der Waals surface area (Å²) in [5.74, 6) is 1.19. The first-order chi connectivity index (χ1) is 18.9. The Labute approximate surface area is 226 Å². The molecule has 0 bridgehead atoms. The minimum Gasteiger partial charge on any atom is -0.497 e. The molecule has 0 saturated carbocycles. The van der Waals surface area contributed by atoms with Gasteiger partial charge in [0.2, 0.25) is 0 Å². The number of H-pyrrole nitrogens is 1. The number of hydrogen-bond donors (Lipinski definition) is 1. The zero-order valence-corrected chi connectivity index (χ0v) is 22.3. The summed E-state index contributed by atoms with van der Waals surface area (Å²) in [6, 6.07) is 21.9. The molecule has 0 aliphatic rings. The Balaban J connectivity index is 1.50. The number of rotatable bonds is 10. The Hall–Kier alpha value is -4.37. The number of nitrogens with one attached hydrogen (secondary N) is 1. The van der Waals surface area contributed by atoms with E-state index in [0.29, 0.717) is 37.4 Å². The second-order valence-electron chi connectivity index (χ2n) is 9.71. The lowest BCUT2D eigenvalue weighted by Gasteiger charge is -2.30. The third-order valence-electron chi connectivity index (χ3n) is 6.93. The van der Waals surface area contributed by atoms with E-state index in [1.807, 2.05) is 49.4 Å². The second-order valence-corrected chi connectivity index (χ2v) is 9.71. The first kappa shape index (κ1) is 26.2. The van der Waals surface area contributed by atoms with E-state index in [0.717, 1.165) is 33.3 Å². The van der Waals surface area contributed by atoms with Gasteiger partial charge >= 0.3 is 0 Å². The Bertz CT molecular complexity index is 1610. The monoisotopic (exact) mass is 526 g/mol. The molecule has 3 aromatic carbocycles. The predicted molar refractivity (Wildman–Crippen MR) is 148 cm³/mol. The number of aromatic amines is 1. The lowest BCUT2D eigenvalue weighted by Crippen LogP contribution is -2.32. The highest BCUT2D eigenvalue weighted by molar-refractivity contribution is 5.79. The number of fused-ring (bicyclic) bond motifs is 1. The summed E-state index contributed by atoms with van der Waals surface area (Å²) in [6.45, 7) is 5.44. The second kappa shape index (κ2) is 11.6. The molecule has 0 fully saturated rings. The SMILES string of the molecule is CC[C@@H](c1nnnn1Cc1ccc(OC)cc1)N(Cc1ccc(F)cc1)Cc1cc2cc(C)ccc2[nH]c1=O. The molecule has 0 radical (unpaired) electrons. The molecular weight excluding hydrogens is 495 g/mol. The molecule has 2 heterocycles. The molecule has 39 heavy (non-hydrogen) atoms. The van der Waals surface area contributed by atoms with Crippen molar-refractivity contribution in [3.05, 3.63) is 117 Å². The number of aryl methyl sites for hydroxylation is 1. The quantitative estimate of drug-likeness (QED) is 0.270. The summed E-state index contributed by atoms with van der Waals surface area (Å²) in [6.07, 6.45) is 0.703. The van der Waals surface area contributed by atoms with E-state index in [4.69, 9.17) is 4.74 Å². The van der Waals surface area contributed by atoms with Crippen LogP contribution in [0.1, 0.15) is 47.5 Å². The summed E-state index contributed by atoms with van der Waals surface area (Å²) in [5, 5.41) is 13.7. The standard InChI is InChI=1S/C30H31FN6O2/c1-4-28(29-33-34-35-37(29)18-22-8-12-26(39-3)13-9-22)36(17-21-6-10-25(31)11-7-21)19-24-16-23-15-20(2)5-14-27(23)32-30(24)38/h5-16,28H,4,17-19H2,1-3H3,(H,32,38)/t28-/m0/s1. The molecule has 0 saturated heterocycles. The van der Waals surface area contributed by atoms with Crippen LogP contribution < -0.4 is 10.3 Å². The number of ether oxygens (including phenoxy) is 1. The van der Waals surface area contributed by atoms with Gasteiger partial charge in [-0.25, -0.2) is 9.07 Å². The van der Waals surface area contributed by atoms with Crippen molar-refractivity contribution in [3.8, 4) is 5.75 Å². The zero-order chi connectivity index (χ0) is 27.4. The highest BCUT2D eigenvalue weighted by Crippen LogP contribution is 2.27. The predicted octanol–water partition coefficient (Wildman–Crippen LogP) is 5.17. The molecule has 200 valence electrons. The van der Waals surface area contributed by atoms with E-state index in [1.54, 1.807) is 23.9 Å². The maximum Gasteiger partial charge on any atom is 0.252 e. The molecule has 1 atom stereocenters. The number of aromatic nitrogens is 5. The molecule has 8 nitrogen and oxygen atoms in total. The minimum absolute atomic E-state index is 0.136. The zero-order valence-electron chi connectivity index (χ0n) is 22.3. The van der Waals surface area contributed by atoms with Crippen molar-refractivity contribution >= 4 is 10.9 Å². The van der Waals surface area contributed by atoms with Gasteiger partial charge in [0.05, 0.1) is 19.7 Å². The fraction of sp³-hybridized carbons (Fsp3) is 0.267. The fourth-order valence-corrected chi connectivity index (χ4v) is 4.88. The van der Waals surface area contributed by atoms with Gasteiger partial charge in [-0.05, 0) is 82.7 Å². The molecule has 0 aliphatic carbocycles. The van der Waals surface area contributed by atoms with Gasteiger partial charge < -0.3 is 9.72 Å². The Kier molecular flexibility index (Phi) is 7.79. The molecule has 9 heteroatoms. The topological polar surface area (TPSA) is 88.9 Å². The summed E-state index contributed by atoms with van der Waals surface area (Å²) in [4.78, 5) is 18.3. The molecule has 2 aromatic heterocycles. The largest absolute Gasteiger partial charge is 0.497 e. The third kappa shape index (κ3) is 6.04. The normalized spacial score (nSPS) is 12.2. The van der Waals surface area contributed by atoms with Gasteiger partial charge in [0.1, 0.15) is 11.6 Å². The van der Waals surface area contributed by atoms with Crippen LogP contribution >= 0.6 is 0 Å². The number of benzene rings is 3. The van der Waals surface area contributed by atoms with Crippen molar-refractivity contribution < 1.29 is 9.13 Å². The van der Waals surface area contributed by atoms with E-state index in [9.17, 15) is 9.18 Å². The summed E-state index contributed by atoms with van der Waals surface area (Å²) in [5.41, 5.74) is 4.39. The number of halogens is 1. The highest BCUT2D eigenvalue weighted by atomic mass is 19.1. The van der Waals surface area contributed by atoms with Crippen molar-refractivity contribution in [3.63, 3.8) is 0 Å². The third-order valence-corrected chi connectivity index (χ3v) is 6.93. The van der Waals surface area contributed by atoms with Gasteiger partial charge in [-0.1, -0.05) is 42.8 Å². The molecule has 0 unspecified atom stereocenters. The van der Waals surface area contributed by atoms with E-state index < -0.39 is 0 Å². The lowest BCUT2D eigenvalue weighted by molar-refractivity contribution is 0.161. The van der Waals surface area contributed by atoms with Crippen molar-refractivity contribution in [1.29, 1.82) is 0 Å². The van der Waals surface area contributed by atoms with Crippen LogP contribution in [0.25, 0.3) is 10.9 Å². The van der Waals surface area contributed by atoms with E-state index in [2.05, 4.69) is 38.4 Å². The van der Waals surface area contributed by atoms with Crippen LogP contribution in [-0.4, -0.2) is 37.2 Å². The van der Waals surface area contributed by atoms with E-state index in [1.165, 1.54) is 12.1 Å². The highest BCUT2D eigenvalue weighted by Gasteiger charge is 2.26. The first-order valence-electron chi connectivity index (χ1n) is 12.9. The van der Waals surface area contributed by atoms with Gasteiger partial charge in [0.25, 0.3) is 5.56 Å². The molecule has 1 N–H and O–H groups in total. The molecule has 0 spiro atoms. The van der Waals surface area contributed by atoms with Crippen molar-refractivity contribution in [2.45, 2.75) is 45.9 Å². The van der Waals surface area contributed by atoms with Crippen LogP contribution in [0.2, 0.25) is 0 Å². The van der Waals surface area contributed by atoms with Crippen LogP contribution in [0, 0.1) is 12.7 Å². The molecule has 5 rings (SSSR count). The maximum absolute atomic E-state index is 13.7. The van der Waals surface area contributed by atoms with Crippen molar-refractivity contribution in [2.24, 2.45) is 0 Å². The van der Waals surface area contributed by atoms with Crippen molar-refractivity contribution in [2.75, 3.05) is 7.11 Å². The fourth-order valence-electron chi connectivity index (χ4n) is 4.88. The molecule has 0 aliphatic heterocycles. The van der Waals surface area contributed by atoms with E-state index in [-0.39, 0.29) is 17.4 Å². The summed E-state index contributed by atoms with van der Waals surface area (Å²) >= 11 is 0. The average Bonchev–Trinajstić information content (AvgIpc) is 3.39. The average molecular weight is 527 g/mol. The van der Waals surface area contributed by atoms with Crippen LogP contribution in [-0.2, 0) is 19.6 Å². The molecular formula is C30H31FN6O2. The number of methoxy groups -OCH3 is 1. The Morgan fingerprint density at radius 2 is 1.74 bits per heavy atom. The number of pyridine rings is 1.